The number of nitrogens with zero attached hydrogens (tertiary/aromatic N) is 4. The van der Waals surface area contributed by atoms with Gasteiger partial charge in [-0.25, -0.2) is 4.68 Å². The van der Waals surface area contributed by atoms with Crippen molar-refractivity contribution in [3.8, 4) is 17.2 Å². The summed E-state index contributed by atoms with van der Waals surface area (Å²) in [5.41, 5.74) is 2.79. The Balaban J connectivity index is 1.18. The molecule has 1 N–H and O–H groups in total. The number of hydrogen-bond acceptors (Lipinski definition) is 6. The maximum absolute atomic E-state index is 12.7. The fraction of sp³-hybridized carbons (Fsp3) is 0.304. The molecule has 32 heavy (non-hydrogen) atoms. The Morgan fingerprint density at radius 1 is 1.16 bits per heavy atom. The standard InChI is InChI=1S/C23H23N5O4/c1-15-22(25-26-28(15)18-5-3-2-4-6-18)23(30)24-11-17-10-21(29)27(13-17)12-16-7-8-19-20(9-16)32-14-31-19/h2-9,17H,10-14H2,1H3,(H,24,30). The van der Waals surface area contributed by atoms with Gasteiger partial charge in [-0.2, -0.15) is 0 Å². The van der Waals surface area contributed by atoms with Crippen LogP contribution in [0, 0.1) is 12.8 Å². The molecule has 5 rings (SSSR count). The highest BCUT2D eigenvalue weighted by atomic mass is 16.7. The first-order chi connectivity index (χ1) is 15.6. The molecule has 1 aromatic heterocycles. The third kappa shape index (κ3) is 3.89. The number of nitrogens with one attached hydrogen (secondary N) is 1. The van der Waals surface area contributed by atoms with E-state index in [1.165, 1.54) is 0 Å². The molecule has 0 radical (unpaired) electrons. The van der Waals surface area contributed by atoms with E-state index < -0.39 is 0 Å². The number of carbonyl (C=O) groups is 2. The molecule has 9 heteroatoms. The molecule has 2 aliphatic heterocycles. The Kier molecular flexibility index (Phi) is 5.22. The first kappa shape index (κ1) is 20.0. The molecule has 0 bridgehead atoms. The molecular weight excluding hydrogens is 410 g/mol. The second-order valence-corrected chi connectivity index (χ2v) is 8.01. The summed E-state index contributed by atoms with van der Waals surface area (Å²) in [7, 11) is 0. The van der Waals surface area contributed by atoms with Crippen LogP contribution in [0.15, 0.2) is 48.5 Å². The van der Waals surface area contributed by atoms with Crippen molar-refractivity contribution in [1.29, 1.82) is 0 Å². The lowest BCUT2D eigenvalue weighted by Crippen LogP contribution is -2.31. The first-order valence-electron chi connectivity index (χ1n) is 10.5. The van der Waals surface area contributed by atoms with Crippen LogP contribution in [0.3, 0.4) is 0 Å². The van der Waals surface area contributed by atoms with E-state index in [0.717, 1.165) is 17.0 Å². The van der Waals surface area contributed by atoms with Crippen molar-refractivity contribution < 1.29 is 19.1 Å². The Labute approximate surface area is 184 Å². The van der Waals surface area contributed by atoms with Crippen LogP contribution >= 0.6 is 0 Å². The molecule has 1 atom stereocenters. The monoisotopic (exact) mass is 433 g/mol. The van der Waals surface area contributed by atoms with Gasteiger partial charge >= 0.3 is 0 Å². The molecule has 1 fully saturated rings. The van der Waals surface area contributed by atoms with E-state index in [2.05, 4.69) is 15.6 Å². The Bertz CT molecular complexity index is 1160. The molecular formula is C23H23N5O4. The lowest BCUT2D eigenvalue weighted by molar-refractivity contribution is -0.128. The minimum absolute atomic E-state index is 0.0462. The van der Waals surface area contributed by atoms with Crippen molar-refractivity contribution in [3.05, 3.63) is 65.5 Å². The normalized spacial score (nSPS) is 17.1. The average molecular weight is 433 g/mol. The Hall–Kier alpha value is -3.88. The molecule has 1 saturated heterocycles. The number of rotatable bonds is 6. The number of likely N-dealkylation sites (tertiary alicyclic amines) is 1. The largest absolute Gasteiger partial charge is 0.454 e. The van der Waals surface area contributed by atoms with Crippen LogP contribution < -0.4 is 14.8 Å². The number of ether oxygens (including phenoxy) is 2. The summed E-state index contributed by atoms with van der Waals surface area (Å²) in [6.45, 7) is 3.53. The van der Waals surface area contributed by atoms with Crippen molar-refractivity contribution in [2.24, 2.45) is 5.92 Å². The maximum atomic E-state index is 12.7. The smallest absolute Gasteiger partial charge is 0.273 e. The summed E-state index contributed by atoms with van der Waals surface area (Å²) in [5.74, 6) is 1.27. The lowest BCUT2D eigenvalue weighted by atomic mass is 10.1. The van der Waals surface area contributed by atoms with E-state index in [9.17, 15) is 9.59 Å². The number of carbonyl (C=O) groups excluding carboxylic acids is 2. The number of fused-ring (bicyclic) bond motifs is 1. The van der Waals surface area contributed by atoms with Crippen LogP contribution in [0.4, 0.5) is 0 Å². The van der Waals surface area contributed by atoms with E-state index in [-0.39, 0.29) is 30.2 Å². The van der Waals surface area contributed by atoms with E-state index in [1.54, 1.807) is 4.68 Å². The number of benzene rings is 2. The van der Waals surface area contributed by atoms with Gasteiger partial charge in [-0.15, -0.1) is 5.10 Å². The van der Waals surface area contributed by atoms with Crippen LogP contribution in [0.2, 0.25) is 0 Å². The second kappa shape index (κ2) is 8.33. The van der Waals surface area contributed by atoms with E-state index >= 15 is 0 Å². The predicted molar refractivity (Wildman–Crippen MR) is 115 cm³/mol. The molecule has 3 aromatic rings. The van der Waals surface area contributed by atoms with Crippen LogP contribution in [0.5, 0.6) is 11.5 Å². The van der Waals surface area contributed by atoms with Gasteiger partial charge in [0.25, 0.3) is 5.91 Å². The quantitative estimate of drug-likeness (QED) is 0.639. The molecule has 164 valence electrons. The van der Waals surface area contributed by atoms with Crippen LogP contribution in [0.25, 0.3) is 5.69 Å². The SMILES string of the molecule is Cc1c(C(=O)NCC2CC(=O)N(Cc3ccc4c(c3)OCO4)C2)nnn1-c1ccccc1. The number of hydrogen-bond donors (Lipinski definition) is 1. The van der Waals surface area contributed by atoms with E-state index in [1.807, 2.05) is 60.4 Å². The summed E-state index contributed by atoms with van der Waals surface area (Å²) in [6.07, 6.45) is 0.403. The second-order valence-electron chi connectivity index (χ2n) is 8.01. The van der Waals surface area contributed by atoms with E-state index in [0.29, 0.717) is 37.5 Å². The minimum atomic E-state index is -0.286. The van der Waals surface area contributed by atoms with Gasteiger partial charge in [0.2, 0.25) is 12.7 Å². The maximum Gasteiger partial charge on any atom is 0.273 e. The highest BCUT2D eigenvalue weighted by Crippen LogP contribution is 2.33. The van der Waals surface area contributed by atoms with Gasteiger partial charge in [0.15, 0.2) is 17.2 Å². The van der Waals surface area contributed by atoms with Gasteiger partial charge in [0, 0.05) is 32.0 Å². The highest BCUT2D eigenvalue weighted by molar-refractivity contribution is 5.93. The molecule has 3 heterocycles. The first-order valence-corrected chi connectivity index (χ1v) is 10.5. The zero-order valence-corrected chi connectivity index (χ0v) is 17.7. The topological polar surface area (TPSA) is 98.6 Å². The van der Waals surface area contributed by atoms with Gasteiger partial charge in [0.05, 0.1) is 11.4 Å². The Morgan fingerprint density at radius 3 is 2.81 bits per heavy atom. The van der Waals surface area contributed by atoms with Gasteiger partial charge in [0.1, 0.15) is 0 Å². The fourth-order valence-electron chi connectivity index (χ4n) is 4.08. The lowest BCUT2D eigenvalue weighted by Gasteiger charge is -2.17. The van der Waals surface area contributed by atoms with Gasteiger partial charge in [-0.3, -0.25) is 9.59 Å². The van der Waals surface area contributed by atoms with E-state index in [4.69, 9.17) is 9.47 Å². The zero-order chi connectivity index (χ0) is 22.1. The molecule has 2 aromatic carbocycles. The van der Waals surface area contributed by atoms with Crippen molar-refractivity contribution in [2.75, 3.05) is 19.9 Å². The van der Waals surface area contributed by atoms with Crippen molar-refractivity contribution in [3.63, 3.8) is 0 Å². The minimum Gasteiger partial charge on any atom is -0.454 e. The molecule has 2 aliphatic rings. The number of amides is 2. The summed E-state index contributed by atoms with van der Waals surface area (Å²) < 4.78 is 12.4. The van der Waals surface area contributed by atoms with Gasteiger partial charge < -0.3 is 19.7 Å². The molecule has 1 unspecified atom stereocenters. The van der Waals surface area contributed by atoms with Crippen LogP contribution in [-0.2, 0) is 11.3 Å². The highest BCUT2D eigenvalue weighted by Gasteiger charge is 2.30. The van der Waals surface area contributed by atoms with Crippen molar-refractivity contribution >= 4 is 11.8 Å². The summed E-state index contributed by atoms with van der Waals surface area (Å²) >= 11 is 0. The predicted octanol–water partition coefficient (Wildman–Crippen LogP) is 2.08. The zero-order valence-electron chi connectivity index (χ0n) is 17.7. The average Bonchev–Trinajstić information content (AvgIpc) is 3.51. The summed E-state index contributed by atoms with van der Waals surface area (Å²) in [5, 5.41) is 11.1. The van der Waals surface area contributed by atoms with Crippen molar-refractivity contribution in [2.45, 2.75) is 19.9 Å². The van der Waals surface area contributed by atoms with Gasteiger partial charge in [-0.05, 0) is 36.8 Å². The van der Waals surface area contributed by atoms with Gasteiger partial charge in [-0.1, -0.05) is 29.5 Å². The van der Waals surface area contributed by atoms with Crippen LogP contribution in [-0.4, -0.2) is 51.6 Å². The van der Waals surface area contributed by atoms with Crippen molar-refractivity contribution in [1.82, 2.24) is 25.2 Å². The Morgan fingerprint density at radius 2 is 1.97 bits per heavy atom. The number of aromatic nitrogens is 3. The molecule has 9 nitrogen and oxygen atoms in total. The third-order valence-electron chi connectivity index (χ3n) is 5.77. The number of para-hydroxylation sites is 1. The molecule has 2 amide bonds. The summed E-state index contributed by atoms with van der Waals surface area (Å²) in [6, 6.07) is 15.2. The molecule has 0 spiro atoms. The molecule has 0 aliphatic carbocycles. The third-order valence-corrected chi connectivity index (χ3v) is 5.77. The molecule has 0 saturated carbocycles. The van der Waals surface area contributed by atoms with Crippen LogP contribution in [0.1, 0.15) is 28.2 Å². The summed E-state index contributed by atoms with van der Waals surface area (Å²) in [4.78, 5) is 27.0. The fourth-order valence-corrected chi connectivity index (χ4v) is 4.08.